The van der Waals surface area contributed by atoms with Crippen LogP contribution in [0.5, 0.6) is 0 Å². The fraction of sp³-hybridized carbons (Fsp3) is 0.250. The van der Waals surface area contributed by atoms with Crippen LogP contribution < -0.4 is 0 Å². The van der Waals surface area contributed by atoms with Gasteiger partial charge < -0.3 is 0 Å². The van der Waals surface area contributed by atoms with Gasteiger partial charge >= 0.3 is 0 Å². The summed E-state index contributed by atoms with van der Waals surface area (Å²) in [5.74, 6) is 0.937. The minimum Gasteiger partial charge on any atom is -0.286 e. The maximum absolute atomic E-state index is 4.06. The van der Waals surface area contributed by atoms with E-state index in [9.17, 15) is 0 Å². The van der Waals surface area contributed by atoms with Crippen LogP contribution >= 0.6 is 22.6 Å². The molecule has 0 bridgehead atoms. The molecule has 2 heterocycles. The molecule has 62 valence electrons. The van der Waals surface area contributed by atoms with Crippen molar-refractivity contribution in [1.29, 1.82) is 0 Å². The van der Waals surface area contributed by atoms with Gasteiger partial charge in [-0.25, -0.2) is 0 Å². The lowest BCUT2D eigenvalue weighted by molar-refractivity contribution is 1.00. The zero-order valence-corrected chi connectivity index (χ0v) is 9.03. The van der Waals surface area contributed by atoms with E-state index in [2.05, 4.69) is 45.8 Å². The van der Waals surface area contributed by atoms with Crippen molar-refractivity contribution >= 4 is 28.2 Å². The Morgan fingerprint density at radius 3 is 2.83 bits per heavy atom. The van der Waals surface area contributed by atoms with E-state index in [1.165, 1.54) is 5.56 Å². The van der Waals surface area contributed by atoms with Crippen LogP contribution in [-0.4, -0.2) is 14.6 Å². The maximum atomic E-state index is 4.06. The van der Waals surface area contributed by atoms with Gasteiger partial charge in [-0.1, -0.05) is 0 Å². The Balaban J connectivity index is 2.92. The highest BCUT2D eigenvalue weighted by Gasteiger charge is 2.04. The Bertz CT molecular complexity index is 433. The minimum atomic E-state index is 0.937. The number of rotatable bonds is 0. The van der Waals surface area contributed by atoms with Gasteiger partial charge in [0.05, 0.1) is 3.57 Å². The van der Waals surface area contributed by atoms with E-state index in [4.69, 9.17) is 0 Å². The average molecular weight is 273 g/mol. The van der Waals surface area contributed by atoms with E-state index in [1.807, 2.05) is 17.5 Å². The minimum absolute atomic E-state index is 0.937. The van der Waals surface area contributed by atoms with Crippen LogP contribution in [-0.2, 0) is 0 Å². The van der Waals surface area contributed by atoms with Crippen LogP contribution in [0.4, 0.5) is 0 Å². The number of pyridine rings is 1. The van der Waals surface area contributed by atoms with Crippen LogP contribution in [0.15, 0.2) is 12.3 Å². The van der Waals surface area contributed by atoms with E-state index in [-0.39, 0.29) is 0 Å². The molecule has 0 unspecified atom stereocenters. The molecule has 0 saturated heterocycles. The topological polar surface area (TPSA) is 30.2 Å². The Kier molecular flexibility index (Phi) is 1.79. The van der Waals surface area contributed by atoms with E-state index in [1.54, 1.807) is 0 Å². The first kappa shape index (κ1) is 7.97. The van der Waals surface area contributed by atoms with Gasteiger partial charge in [0.25, 0.3) is 0 Å². The van der Waals surface area contributed by atoms with Crippen molar-refractivity contribution in [1.82, 2.24) is 14.6 Å². The first-order valence-electron chi connectivity index (χ1n) is 3.66. The van der Waals surface area contributed by atoms with Crippen molar-refractivity contribution in [3.63, 3.8) is 0 Å². The SMILES string of the molecule is Cc1cc(I)c2nnc(C)n2c1. The van der Waals surface area contributed by atoms with Crippen molar-refractivity contribution < 1.29 is 0 Å². The van der Waals surface area contributed by atoms with Gasteiger partial charge in [-0.05, 0) is 48.1 Å². The molecule has 3 nitrogen and oxygen atoms in total. The molecule has 0 radical (unpaired) electrons. The lowest BCUT2D eigenvalue weighted by atomic mass is 10.3. The third kappa shape index (κ3) is 1.10. The normalized spacial score (nSPS) is 10.9. The van der Waals surface area contributed by atoms with Gasteiger partial charge in [0.15, 0.2) is 5.65 Å². The maximum Gasteiger partial charge on any atom is 0.174 e. The van der Waals surface area contributed by atoms with Crippen molar-refractivity contribution in [3.8, 4) is 0 Å². The fourth-order valence-corrected chi connectivity index (χ4v) is 2.05. The molecule has 0 atom stereocenters. The van der Waals surface area contributed by atoms with Gasteiger partial charge in [0.1, 0.15) is 5.82 Å². The smallest absolute Gasteiger partial charge is 0.174 e. The first-order chi connectivity index (χ1) is 5.68. The zero-order valence-electron chi connectivity index (χ0n) is 6.87. The number of nitrogens with zero attached hydrogens (tertiary/aromatic N) is 3. The Morgan fingerprint density at radius 2 is 2.08 bits per heavy atom. The molecule has 0 N–H and O–H groups in total. The molecular weight excluding hydrogens is 265 g/mol. The molecule has 2 aromatic rings. The molecule has 0 aliphatic carbocycles. The van der Waals surface area contributed by atoms with Crippen LogP contribution in [0.3, 0.4) is 0 Å². The molecule has 4 heteroatoms. The Hall–Kier alpha value is -0.650. The average Bonchev–Trinajstić information content (AvgIpc) is 2.33. The molecule has 2 aromatic heterocycles. The van der Waals surface area contributed by atoms with Gasteiger partial charge in [0, 0.05) is 6.20 Å². The highest BCUT2D eigenvalue weighted by Crippen LogP contribution is 2.14. The third-order valence-electron chi connectivity index (χ3n) is 1.77. The van der Waals surface area contributed by atoms with Gasteiger partial charge in [-0.3, -0.25) is 4.40 Å². The summed E-state index contributed by atoms with van der Waals surface area (Å²) >= 11 is 2.27. The molecule has 0 amide bonds. The highest BCUT2D eigenvalue weighted by molar-refractivity contribution is 14.1. The Labute approximate surface area is 83.9 Å². The van der Waals surface area contributed by atoms with Crippen LogP contribution in [0.2, 0.25) is 0 Å². The Morgan fingerprint density at radius 1 is 1.33 bits per heavy atom. The molecule has 0 spiro atoms. The third-order valence-corrected chi connectivity index (χ3v) is 2.56. The van der Waals surface area contributed by atoms with E-state index < -0.39 is 0 Å². The number of hydrogen-bond donors (Lipinski definition) is 0. The number of aryl methyl sites for hydroxylation is 2. The highest BCUT2D eigenvalue weighted by atomic mass is 127. The number of aromatic nitrogens is 3. The lowest BCUT2D eigenvalue weighted by Gasteiger charge is -1.98. The second kappa shape index (κ2) is 2.69. The molecule has 12 heavy (non-hydrogen) atoms. The molecule has 0 aromatic carbocycles. The monoisotopic (exact) mass is 273 g/mol. The summed E-state index contributed by atoms with van der Waals surface area (Å²) in [6.07, 6.45) is 2.05. The number of halogens is 1. The van der Waals surface area contributed by atoms with Crippen LogP contribution in [0.1, 0.15) is 11.4 Å². The zero-order chi connectivity index (χ0) is 8.72. The summed E-state index contributed by atoms with van der Waals surface area (Å²) in [5, 5.41) is 8.07. The van der Waals surface area contributed by atoms with Crippen LogP contribution in [0, 0.1) is 17.4 Å². The molecular formula is C8H8IN3. The first-order valence-corrected chi connectivity index (χ1v) is 4.74. The molecule has 0 aliphatic rings. The quantitative estimate of drug-likeness (QED) is 0.687. The summed E-state index contributed by atoms with van der Waals surface area (Å²) < 4.78 is 3.16. The van der Waals surface area contributed by atoms with Gasteiger partial charge in [-0.2, -0.15) is 0 Å². The summed E-state index contributed by atoms with van der Waals surface area (Å²) in [7, 11) is 0. The van der Waals surface area contributed by atoms with Gasteiger partial charge in [0.2, 0.25) is 0 Å². The van der Waals surface area contributed by atoms with Crippen molar-refractivity contribution in [2.24, 2.45) is 0 Å². The predicted octanol–water partition coefficient (Wildman–Crippen LogP) is 1.95. The largest absolute Gasteiger partial charge is 0.286 e. The lowest BCUT2D eigenvalue weighted by Crippen LogP contribution is -1.91. The second-order valence-corrected chi connectivity index (χ2v) is 3.97. The van der Waals surface area contributed by atoms with Crippen molar-refractivity contribution in [2.45, 2.75) is 13.8 Å². The molecule has 0 saturated carbocycles. The van der Waals surface area contributed by atoms with Crippen molar-refractivity contribution in [3.05, 3.63) is 27.2 Å². The number of hydrogen-bond acceptors (Lipinski definition) is 2. The second-order valence-electron chi connectivity index (χ2n) is 2.81. The van der Waals surface area contributed by atoms with E-state index in [0.29, 0.717) is 0 Å². The van der Waals surface area contributed by atoms with Crippen molar-refractivity contribution in [2.75, 3.05) is 0 Å². The molecule has 0 fully saturated rings. The summed E-state index contributed by atoms with van der Waals surface area (Å²) in [5.41, 5.74) is 2.17. The van der Waals surface area contributed by atoms with E-state index >= 15 is 0 Å². The molecule has 0 aliphatic heterocycles. The summed E-state index contributed by atoms with van der Waals surface area (Å²) in [4.78, 5) is 0. The van der Waals surface area contributed by atoms with Crippen LogP contribution in [0.25, 0.3) is 5.65 Å². The van der Waals surface area contributed by atoms with E-state index in [0.717, 1.165) is 15.0 Å². The number of fused-ring (bicyclic) bond motifs is 1. The van der Waals surface area contributed by atoms with Gasteiger partial charge in [-0.15, -0.1) is 10.2 Å². The summed E-state index contributed by atoms with van der Waals surface area (Å²) in [6, 6.07) is 2.10. The molecule has 2 rings (SSSR count). The predicted molar refractivity (Wildman–Crippen MR) is 55.2 cm³/mol. The summed E-state index contributed by atoms with van der Waals surface area (Å²) in [6.45, 7) is 4.02. The fourth-order valence-electron chi connectivity index (χ4n) is 1.19. The standard InChI is InChI=1S/C8H8IN3/c1-5-3-7(9)8-11-10-6(2)12(8)4-5/h3-4H,1-2H3.